The fraction of sp³-hybridized carbons (Fsp3) is 0.375. The van der Waals surface area contributed by atoms with Crippen molar-refractivity contribution in [3.8, 4) is 17.1 Å². The molecule has 7 nitrogen and oxygen atoms in total. The zero-order chi connectivity index (χ0) is 23.1. The van der Waals surface area contributed by atoms with Gasteiger partial charge in [0.2, 0.25) is 5.91 Å². The fourth-order valence-electron chi connectivity index (χ4n) is 3.52. The molecule has 0 aliphatic rings. The van der Waals surface area contributed by atoms with Crippen molar-refractivity contribution in [2.75, 3.05) is 33.5 Å². The second kappa shape index (κ2) is 11.2. The largest absolute Gasteiger partial charge is 0.497 e. The van der Waals surface area contributed by atoms with Crippen LogP contribution in [0.15, 0.2) is 53.7 Å². The molecule has 3 rings (SSSR count). The van der Waals surface area contributed by atoms with Gasteiger partial charge in [-0.05, 0) is 51.7 Å². The summed E-state index contributed by atoms with van der Waals surface area (Å²) >= 11 is 1.41. The average molecular weight is 454 g/mol. The standard InChI is InChI=1S/C24H31N5O2S/c1-6-29-23(19-11-7-9-17(2)13-19)26-27-24(29)32-16-22(30)25-15-21(28(3)4)18-10-8-12-20(14-18)31-5/h7-14,21H,6,15-16H2,1-5H3,(H,25,30). The second-order valence-electron chi connectivity index (χ2n) is 7.77. The Bertz CT molecular complexity index is 1050. The van der Waals surface area contributed by atoms with Crippen LogP contribution in [0.4, 0.5) is 0 Å². The highest BCUT2D eigenvalue weighted by atomic mass is 32.2. The molecule has 1 amide bonds. The van der Waals surface area contributed by atoms with Gasteiger partial charge in [-0.1, -0.05) is 47.7 Å². The number of methoxy groups -OCH3 is 1. The minimum absolute atomic E-state index is 0.0347. The van der Waals surface area contributed by atoms with Crippen LogP contribution in [0.1, 0.15) is 24.1 Å². The van der Waals surface area contributed by atoms with E-state index in [1.807, 2.05) is 55.1 Å². The summed E-state index contributed by atoms with van der Waals surface area (Å²) in [6.45, 7) is 5.36. The van der Waals surface area contributed by atoms with E-state index in [1.54, 1.807) is 7.11 Å². The minimum Gasteiger partial charge on any atom is -0.497 e. The molecule has 1 aromatic heterocycles. The van der Waals surface area contributed by atoms with Gasteiger partial charge < -0.3 is 19.5 Å². The van der Waals surface area contributed by atoms with E-state index in [-0.39, 0.29) is 17.7 Å². The summed E-state index contributed by atoms with van der Waals surface area (Å²) in [4.78, 5) is 14.7. The Morgan fingerprint density at radius 3 is 2.66 bits per heavy atom. The Labute approximate surface area is 194 Å². The number of amides is 1. The summed E-state index contributed by atoms with van der Waals surface area (Å²) < 4.78 is 7.38. The van der Waals surface area contributed by atoms with E-state index in [4.69, 9.17) is 4.74 Å². The molecule has 0 saturated carbocycles. The first kappa shape index (κ1) is 23.8. The molecule has 1 atom stereocenters. The number of benzene rings is 2. The topological polar surface area (TPSA) is 72.3 Å². The molecule has 0 saturated heterocycles. The van der Waals surface area contributed by atoms with Gasteiger partial charge in [-0.25, -0.2) is 0 Å². The number of rotatable bonds is 10. The van der Waals surface area contributed by atoms with Gasteiger partial charge >= 0.3 is 0 Å². The van der Waals surface area contributed by atoms with Crippen molar-refractivity contribution in [3.05, 3.63) is 59.7 Å². The summed E-state index contributed by atoms with van der Waals surface area (Å²) in [6.07, 6.45) is 0. The molecule has 32 heavy (non-hydrogen) atoms. The van der Waals surface area contributed by atoms with Crippen molar-refractivity contribution >= 4 is 17.7 Å². The number of aryl methyl sites for hydroxylation is 1. The number of hydrogen-bond donors (Lipinski definition) is 1. The van der Waals surface area contributed by atoms with Crippen LogP contribution in [0.25, 0.3) is 11.4 Å². The third-order valence-electron chi connectivity index (χ3n) is 5.24. The highest BCUT2D eigenvalue weighted by Gasteiger charge is 2.18. The predicted molar refractivity (Wildman–Crippen MR) is 129 cm³/mol. The lowest BCUT2D eigenvalue weighted by Gasteiger charge is -2.25. The molecule has 1 N–H and O–H groups in total. The Morgan fingerprint density at radius 1 is 1.19 bits per heavy atom. The molecule has 170 valence electrons. The highest BCUT2D eigenvalue weighted by molar-refractivity contribution is 7.99. The Kier molecular flexibility index (Phi) is 8.30. The SMILES string of the molecule is CCn1c(SCC(=O)NCC(c2cccc(OC)c2)N(C)C)nnc1-c1cccc(C)c1. The van der Waals surface area contributed by atoms with Crippen LogP contribution in [0.3, 0.4) is 0 Å². The van der Waals surface area contributed by atoms with E-state index in [0.717, 1.165) is 34.4 Å². The minimum atomic E-state index is -0.0347. The van der Waals surface area contributed by atoms with E-state index in [0.29, 0.717) is 6.54 Å². The van der Waals surface area contributed by atoms with Crippen molar-refractivity contribution in [2.45, 2.75) is 31.6 Å². The first-order valence-electron chi connectivity index (χ1n) is 10.6. The first-order chi connectivity index (χ1) is 15.4. The first-order valence-corrected chi connectivity index (χ1v) is 11.6. The summed E-state index contributed by atoms with van der Waals surface area (Å²) in [5, 5.41) is 12.5. The molecule has 0 aliphatic heterocycles. The van der Waals surface area contributed by atoms with Gasteiger partial charge in [0.25, 0.3) is 0 Å². The summed E-state index contributed by atoms with van der Waals surface area (Å²) in [5.41, 5.74) is 3.30. The monoisotopic (exact) mass is 453 g/mol. The number of carbonyl (C=O) groups excluding carboxylic acids is 1. The number of aromatic nitrogens is 3. The van der Waals surface area contributed by atoms with Gasteiger partial charge in [0.05, 0.1) is 18.9 Å². The van der Waals surface area contributed by atoms with E-state index in [9.17, 15) is 4.79 Å². The summed E-state index contributed by atoms with van der Waals surface area (Å²) in [5.74, 6) is 1.88. The van der Waals surface area contributed by atoms with Crippen molar-refractivity contribution in [2.24, 2.45) is 0 Å². The number of thioether (sulfide) groups is 1. The molecule has 1 unspecified atom stereocenters. The Morgan fingerprint density at radius 2 is 1.97 bits per heavy atom. The van der Waals surface area contributed by atoms with Crippen LogP contribution in [0.5, 0.6) is 5.75 Å². The van der Waals surface area contributed by atoms with E-state index >= 15 is 0 Å². The normalized spacial score (nSPS) is 12.1. The smallest absolute Gasteiger partial charge is 0.230 e. The van der Waals surface area contributed by atoms with E-state index < -0.39 is 0 Å². The van der Waals surface area contributed by atoms with E-state index in [1.165, 1.54) is 17.3 Å². The molecule has 0 spiro atoms. The lowest BCUT2D eigenvalue weighted by molar-refractivity contribution is -0.118. The molecule has 3 aromatic rings. The predicted octanol–water partition coefficient (Wildman–Crippen LogP) is 3.79. The van der Waals surface area contributed by atoms with Crippen LogP contribution in [-0.2, 0) is 11.3 Å². The number of likely N-dealkylation sites (N-methyl/N-ethyl adjacent to an activating group) is 1. The lowest BCUT2D eigenvalue weighted by atomic mass is 10.1. The van der Waals surface area contributed by atoms with E-state index in [2.05, 4.69) is 46.4 Å². The fourth-order valence-corrected chi connectivity index (χ4v) is 4.35. The van der Waals surface area contributed by atoms with Gasteiger partial charge in [-0.3, -0.25) is 4.79 Å². The zero-order valence-electron chi connectivity index (χ0n) is 19.3. The molecule has 0 bridgehead atoms. The third-order valence-corrected chi connectivity index (χ3v) is 6.20. The van der Waals surface area contributed by atoms with Gasteiger partial charge in [0, 0.05) is 18.7 Å². The maximum absolute atomic E-state index is 12.6. The number of hydrogen-bond acceptors (Lipinski definition) is 6. The van der Waals surface area contributed by atoms with Gasteiger partial charge in [-0.2, -0.15) is 0 Å². The van der Waals surface area contributed by atoms with Crippen molar-refractivity contribution < 1.29 is 9.53 Å². The number of ether oxygens (including phenoxy) is 1. The number of carbonyl (C=O) groups is 1. The lowest BCUT2D eigenvalue weighted by Crippen LogP contribution is -2.35. The van der Waals surface area contributed by atoms with Gasteiger partial charge in [0.1, 0.15) is 5.75 Å². The number of nitrogens with zero attached hydrogens (tertiary/aromatic N) is 4. The molecule has 8 heteroatoms. The molecular formula is C24H31N5O2S. The van der Waals surface area contributed by atoms with Crippen LogP contribution in [0.2, 0.25) is 0 Å². The van der Waals surface area contributed by atoms with Crippen molar-refractivity contribution in [1.29, 1.82) is 0 Å². The maximum atomic E-state index is 12.6. The summed E-state index contributed by atoms with van der Waals surface area (Å²) in [7, 11) is 5.66. The van der Waals surface area contributed by atoms with Gasteiger partial charge in [-0.15, -0.1) is 10.2 Å². The van der Waals surface area contributed by atoms with Crippen LogP contribution in [0, 0.1) is 6.92 Å². The second-order valence-corrected chi connectivity index (χ2v) is 8.71. The highest BCUT2D eigenvalue weighted by Crippen LogP contribution is 2.25. The summed E-state index contributed by atoms with van der Waals surface area (Å²) in [6, 6.07) is 16.2. The third kappa shape index (κ3) is 5.89. The van der Waals surface area contributed by atoms with Crippen LogP contribution in [-0.4, -0.2) is 59.1 Å². The average Bonchev–Trinajstić information content (AvgIpc) is 3.20. The molecule has 0 fully saturated rings. The molecular weight excluding hydrogens is 422 g/mol. The Hall–Kier alpha value is -2.84. The van der Waals surface area contributed by atoms with Crippen LogP contribution >= 0.6 is 11.8 Å². The number of nitrogens with one attached hydrogen (secondary N) is 1. The molecule has 0 radical (unpaired) electrons. The quantitative estimate of drug-likeness (QED) is 0.471. The zero-order valence-corrected chi connectivity index (χ0v) is 20.1. The van der Waals surface area contributed by atoms with Crippen molar-refractivity contribution in [3.63, 3.8) is 0 Å². The van der Waals surface area contributed by atoms with Gasteiger partial charge in [0.15, 0.2) is 11.0 Å². The van der Waals surface area contributed by atoms with Crippen molar-refractivity contribution in [1.82, 2.24) is 25.0 Å². The Balaban J connectivity index is 1.62. The molecule has 2 aromatic carbocycles. The van der Waals surface area contributed by atoms with Crippen LogP contribution < -0.4 is 10.1 Å². The molecule has 1 heterocycles. The molecule has 0 aliphatic carbocycles. The maximum Gasteiger partial charge on any atom is 0.230 e.